The van der Waals surface area contributed by atoms with E-state index in [-0.39, 0.29) is 11.7 Å². The lowest BCUT2D eigenvalue weighted by Crippen LogP contribution is -2.32. The van der Waals surface area contributed by atoms with E-state index in [1.165, 1.54) is 18.1 Å². The van der Waals surface area contributed by atoms with Crippen molar-refractivity contribution in [2.75, 3.05) is 5.75 Å². The molecule has 3 heterocycles. The fourth-order valence-corrected chi connectivity index (χ4v) is 3.65. The Labute approximate surface area is 165 Å². The van der Waals surface area contributed by atoms with E-state index >= 15 is 0 Å². The first-order valence-electron chi connectivity index (χ1n) is 9.07. The molecule has 0 N–H and O–H groups in total. The number of hydrogen-bond acceptors (Lipinski definition) is 8. The highest BCUT2D eigenvalue weighted by atomic mass is 32.2. The molecule has 0 saturated heterocycles. The van der Waals surface area contributed by atoms with Gasteiger partial charge in [-0.25, -0.2) is 9.67 Å². The minimum Gasteiger partial charge on any atom is -0.467 e. The lowest BCUT2D eigenvalue weighted by molar-refractivity contribution is -0.127. The van der Waals surface area contributed by atoms with Crippen molar-refractivity contribution in [3.63, 3.8) is 0 Å². The van der Waals surface area contributed by atoms with E-state index in [9.17, 15) is 4.79 Å². The van der Waals surface area contributed by atoms with Crippen molar-refractivity contribution in [3.05, 3.63) is 54.5 Å². The molecule has 0 aromatic carbocycles. The van der Waals surface area contributed by atoms with Crippen LogP contribution in [0.15, 0.2) is 56.9 Å². The molecule has 1 amide bonds. The van der Waals surface area contributed by atoms with Gasteiger partial charge in [0.15, 0.2) is 0 Å². The van der Waals surface area contributed by atoms with Gasteiger partial charge >= 0.3 is 0 Å². The Morgan fingerprint density at radius 2 is 2.29 bits per heavy atom. The van der Waals surface area contributed by atoms with E-state index in [0.29, 0.717) is 24.2 Å². The molecule has 10 heteroatoms. The van der Waals surface area contributed by atoms with Crippen LogP contribution in [0.5, 0.6) is 0 Å². The maximum Gasteiger partial charge on any atom is 0.277 e. The third-order valence-electron chi connectivity index (χ3n) is 4.34. The van der Waals surface area contributed by atoms with Crippen LogP contribution >= 0.6 is 11.8 Å². The summed E-state index contributed by atoms with van der Waals surface area (Å²) in [5.41, 5.74) is 1.06. The van der Waals surface area contributed by atoms with Gasteiger partial charge in [-0.1, -0.05) is 17.8 Å². The molecule has 3 aromatic heterocycles. The molecule has 1 aliphatic carbocycles. The zero-order chi connectivity index (χ0) is 19.2. The fraction of sp³-hybridized carbons (Fsp3) is 0.389. The minimum atomic E-state index is -0.00873. The van der Waals surface area contributed by atoms with E-state index in [2.05, 4.69) is 26.4 Å². The maximum atomic E-state index is 12.9. The van der Waals surface area contributed by atoms with Gasteiger partial charge in [0.05, 0.1) is 18.6 Å². The normalized spacial score (nSPS) is 14.1. The summed E-state index contributed by atoms with van der Waals surface area (Å²) in [6.07, 6.45) is 10.9. The first kappa shape index (κ1) is 18.5. The molecule has 0 radical (unpaired) electrons. The molecule has 28 heavy (non-hydrogen) atoms. The van der Waals surface area contributed by atoms with Crippen LogP contribution in [0, 0.1) is 0 Å². The summed E-state index contributed by atoms with van der Waals surface area (Å²) in [7, 11) is 0. The van der Waals surface area contributed by atoms with Gasteiger partial charge in [0.25, 0.3) is 5.22 Å². The van der Waals surface area contributed by atoms with Crippen molar-refractivity contribution in [2.45, 2.75) is 44.0 Å². The van der Waals surface area contributed by atoms with Crippen LogP contribution in [0.25, 0.3) is 0 Å². The van der Waals surface area contributed by atoms with Crippen molar-refractivity contribution in [1.82, 2.24) is 29.9 Å². The topological polar surface area (TPSA) is 103 Å². The summed E-state index contributed by atoms with van der Waals surface area (Å²) in [5.74, 6) is 1.38. The lowest BCUT2D eigenvalue weighted by Gasteiger charge is -2.26. The molecule has 146 valence electrons. The predicted octanol–water partition coefficient (Wildman–Crippen LogP) is 2.88. The molecular formula is C18H20N6O3S. The first-order chi connectivity index (χ1) is 13.8. The van der Waals surface area contributed by atoms with E-state index in [4.69, 9.17) is 8.83 Å². The fourth-order valence-electron chi connectivity index (χ4n) is 2.99. The van der Waals surface area contributed by atoms with Gasteiger partial charge in [-0.05, 0) is 37.8 Å². The molecule has 3 aromatic rings. The number of hydrogen-bond donors (Lipinski definition) is 0. The van der Waals surface area contributed by atoms with Crippen LogP contribution in [0.2, 0.25) is 0 Å². The zero-order valence-electron chi connectivity index (χ0n) is 15.2. The molecule has 0 spiro atoms. The number of carbonyl (C=O) groups excluding carboxylic acids is 1. The van der Waals surface area contributed by atoms with Crippen molar-refractivity contribution < 1.29 is 13.6 Å². The van der Waals surface area contributed by atoms with E-state index < -0.39 is 0 Å². The second kappa shape index (κ2) is 8.87. The molecule has 0 fully saturated rings. The number of allylic oxidation sites excluding steroid dienone is 2. The van der Waals surface area contributed by atoms with Gasteiger partial charge in [-0.3, -0.25) is 4.79 Å². The minimum absolute atomic E-state index is 0.00873. The summed E-state index contributed by atoms with van der Waals surface area (Å²) in [6, 6.07) is 3.71. The highest BCUT2D eigenvalue weighted by Gasteiger charge is 2.22. The number of nitrogens with zero attached hydrogens (tertiary/aromatic N) is 6. The third kappa shape index (κ3) is 4.69. The maximum absolute atomic E-state index is 12.9. The summed E-state index contributed by atoms with van der Waals surface area (Å²) in [4.78, 5) is 18.6. The van der Waals surface area contributed by atoms with E-state index in [0.717, 1.165) is 37.1 Å². The van der Waals surface area contributed by atoms with Crippen LogP contribution in [-0.4, -0.2) is 41.5 Å². The van der Waals surface area contributed by atoms with Crippen LogP contribution in [0.4, 0.5) is 0 Å². The monoisotopic (exact) mass is 400 g/mol. The number of thioether (sulfide) groups is 1. The summed E-state index contributed by atoms with van der Waals surface area (Å²) >= 11 is 1.23. The SMILES string of the molecule is O=C(CSc1nnc(Cn2cncn2)o1)N(Cc1ccco1)C1=CCCCC1. The molecular weight excluding hydrogens is 380 g/mol. The molecule has 0 saturated carbocycles. The van der Waals surface area contributed by atoms with Gasteiger partial charge in [-0.2, -0.15) is 5.10 Å². The summed E-state index contributed by atoms with van der Waals surface area (Å²) in [6.45, 7) is 0.776. The molecule has 1 aliphatic rings. The van der Waals surface area contributed by atoms with Crippen LogP contribution < -0.4 is 0 Å². The second-order valence-corrected chi connectivity index (χ2v) is 7.27. The van der Waals surface area contributed by atoms with Crippen molar-refractivity contribution >= 4 is 17.7 Å². The Hall–Kier alpha value is -2.88. The van der Waals surface area contributed by atoms with Gasteiger partial charge in [0, 0.05) is 5.70 Å². The van der Waals surface area contributed by atoms with Gasteiger partial charge in [-0.15, -0.1) is 10.2 Å². The molecule has 0 unspecified atom stereocenters. The van der Waals surface area contributed by atoms with Crippen molar-refractivity contribution in [3.8, 4) is 0 Å². The lowest BCUT2D eigenvalue weighted by atomic mass is 10.0. The molecule has 9 nitrogen and oxygen atoms in total. The van der Waals surface area contributed by atoms with E-state index in [1.807, 2.05) is 12.1 Å². The second-order valence-electron chi connectivity index (χ2n) is 6.34. The van der Waals surface area contributed by atoms with Gasteiger partial charge in [0.2, 0.25) is 11.8 Å². The Bertz CT molecular complexity index is 919. The van der Waals surface area contributed by atoms with Gasteiger partial charge < -0.3 is 13.7 Å². The van der Waals surface area contributed by atoms with Gasteiger partial charge in [0.1, 0.15) is 25.0 Å². The average molecular weight is 400 g/mol. The third-order valence-corrected chi connectivity index (χ3v) is 5.14. The first-order valence-corrected chi connectivity index (χ1v) is 10.1. The largest absolute Gasteiger partial charge is 0.467 e. The van der Waals surface area contributed by atoms with Crippen molar-refractivity contribution in [1.29, 1.82) is 0 Å². The highest BCUT2D eigenvalue weighted by Crippen LogP contribution is 2.25. The van der Waals surface area contributed by atoms with Crippen molar-refractivity contribution in [2.24, 2.45) is 0 Å². The summed E-state index contributed by atoms with van der Waals surface area (Å²) in [5, 5.41) is 12.3. The zero-order valence-corrected chi connectivity index (χ0v) is 16.0. The average Bonchev–Trinajstić information content (AvgIpc) is 3.49. The molecule has 4 rings (SSSR count). The highest BCUT2D eigenvalue weighted by molar-refractivity contribution is 7.99. The van der Waals surface area contributed by atoms with Crippen LogP contribution in [-0.2, 0) is 17.9 Å². The number of carbonyl (C=O) groups is 1. The number of aromatic nitrogens is 5. The summed E-state index contributed by atoms with van der Waals surface area (Å²) < 4.78 is 12.6. The predicted molar refractivity (Wildman–Crippen MR) is 100.0 cm³/mol. The number of amides is 1. The Morgan fingerprint density at radius 3 is 3.04 bits per heavy atom. The van der Waals surface area contributed by atoms with Crippen LogP contribution in [0.3, 0.4) is 0 Å². The quantitative estimate of drug-likeness (QED) is 0.532. The Kier molecular flexibility index (Phi) is 5.86. The smallest absolute Gasteiger partial charge is 0.277 e. The Balaban J connectivity index is 1.38. The molecule has 0 aliphatic heterocycles. The standard InChI is InChI=1S/C18H20N6O3S/c25-17(11-28-18-22-21-16(27-18)10-23-13-19-12-20-23)24(9-15-7-4-8-26-15)14-5-2-1-3-6-14/h4-5,7-8,12-13H,1-3,6,9-11H2. The van der Waals surface area contributed by atoms with E-state index in [1.54, 1.807) is 22.2 Å². The van der Waals surface area contributed by atoms with Crippen LogP contribution in [0.1, 0.15) is 37.3 Å². The number of rotatable bonds is 8. The molecule has 0 atom stereocenters. The number of furan rings is 1. The molecule has 0 bridgehead atoms. The Morgan fingerprint density at radius 1 is 1.32 bits per heavy atom.